The molecule has 0 saturated carbocycles. The van der Waals surface area contributed by atoms with Crippen LogP contribution in [0.5, 0.6) is 5.75 Å². The second-order valence-electron chi connectivity index (χ2n) is 6.51. The predicted octanol–water partition coefficient (Wildman–Crippen LogP) is 4.18. The summed E-state index contributed by atoms with van der Waals surface area (Å²) in [6.45, 7) is -1.87. The topological polar surface area (TPSA) is 84.1 Å². The SMILES string of the molecule is C[C@H]1c2[nH]cc(S(=O)(=O)Nc3ncc(OC(F)F)cc3F)c2CCC1C(F)(F)F. The number of rotatable bonds is 5. The Hall–Kier alpha value is -2.44. The number of anilines is 1. The number of sulfonamides is 1. The maximum Gasteiger partial charge on any atom is 0.392 e. The minimum absolute atomic E-state index is 0.138. The Labute approximate surface area is 161 Å². The van der Waals surface area contributed by atoms with E-state index >= 15 is 0 Å². The zero-order valence-electron chi connectivity index (χ0n) is 14.7. The summed E-state index contributed by atoms with van der Waals surface area (Å²) < 4.78 is 109. The minimum atomic E-state index is -4.42. The lowest BCUT2D eigenvalue weighted by Gasteiger charge is -2.31. The Morgan fingerprint density at radius 3 is 2.62 bits per heavy atom. The van der Waals surface area contributed by atoms with Gasteiger partial charge in [-0.05, 0) is 18.4 Å². The van der Waals surface area contributed by atoms with Crippen molar-refractivity contribution < 1.29 is 39.5 Å². The van der Waals surface area contributed by atoms with E-state index in [4.69, 9.17) is 0 Å². The molecule has 2 aromatic heterocycles. The third-order valence-electron chi connectivity index (χ3n) is 4.73. The Bertz CT molecular complexity index is 1010. The molecular weight excluding hydrogens is 428 g/mol. The van der Waals surface area contributed by atoms with Crippen molar-refractivity contribution in [3.05, 3.63) is 35.5 Å². The lowest BCUT2D eigenvalue weighted by atomic mass is 9.79. The van der Waals surface area contributed by atoms with E-state index in [2.05, 4.69) is 14.7 Å². The van der Waals surface area contributed by atoms with Crippen LogP contribution in [0.4, 0.5) is 32.2 Å². The molecule has 0 bridgehead atoms. The summed E-state index contributed by atoms with van der Waals surface area (Å²) in [4.78, 5) is 5.67. The molecule has 2 atom stereocenters. The normalized spacial score (nSPS) is 19.9. The average molecular weight is 443 g/mol. The lowest BCUT2D eigenvalue weighted by Crippen LogP contribution is -2.32. The Kier molecular flexibility index (Phi) is 5.45. The Balaban J connectivity index is 1.87. The molecule has 6 nitrogen and oxygen atoms in total. The molecule has 2 aromatic rings. The van der Waals surface area contributed by atoms with Crippen molar-refractivity contribution in [3.63, 3.8) is 0 Å². The quantitative estimate of drug-likeness (QED) is 0.680. The van der Waals surface area contributed by atoms with Gasteiger partial charge in [-0.2, -0.15) is 22.0 Å². The number of nitrogens with zero attached hydrogens (tertiary/aromatic N) is 1. The fourth-order valence-corrected chi connectivity index (χ4v) is 4.66. The second kappa shape index (κ2) is 7.43. The average Bonchev–Trinajstić information content (AvgIpc) is 3.02. The van der Waals surface area contributed by atoms with Crippen LogP contribution in [-0.2, 0) is 16.4 Å². The fraction of sp³-hybridized carbons (Fsp3) is 0.438. The first kappa shape index (κ1) is 21.3. The largest absolute Gasteiger partial charge is 0.433 e. The van der Waals surface area contributed by atoms with E-state index in [9.17, 15) is 34.8 Å². The van der Waals surface area contributed by atoms with Gasteiger partial charge in [-0.3, -0.25) is 4.72 Å². The zero-order valence-corrected chi connectivity index (χ0v) is 15.5. The molecule has 1 aliphatic carbocycles. The number of pyridine rings is 1. The highest BCUT2D eigenvalue weighted by Gasteiger charge is 2.47. The van der Waals surface area contributed by atoms with Crippen LogP contribution >= 0.6 is 0 Å². The van der Waals surface area contributed by atoms with E-state index in [0.29, 0.717) is 12.3 Å². The highest BCUT2D eigenvalue weighted by Crippen LogP contribution is 2.45. The first-order chi connectivity index (χ1) is 13.4. The number of fused-ring (bicyclic) bond motifs is 1. The molecule has 2 N–H and O–H groups in total. The van der Waals surface area contributed by atoms with Gasteiger partial charge < -0.3 is 9.72 Å². The van der Waals surface area contributed by atoms with E-state index in [1.165, 1.54) is 6.92 Å². The summed E-state index contributed by atoms with van der Waals surface area (Å²) in [5, 5.41) is 0. The van der Waals surface area contributed by atoms with Crippen LogP contribution in [0.1, 0.15) is 30.5 Å². The summed E-state index contributed by atoms with van der Waals surface area (Å²) in [6, 6.07) is 0.527. The monoisotopic (exact) mass is 443 g/mol. The van der Waals surface area contributed by atoms with Crippen molar-refractivity contribution in [3.8, 4) is 5.75 Å². The number of nitrogens with one attached hydrogen (secondary N) is 2. The molecule has 3 rings (SSSR count). The number of alkyl halides is 5. The van der Waals surface area contributed by atoms with E-state index in [0.717, 1.165) is 6.20 Å². The van der Waals surface area contributed by atoms with Crippen LogP contribution in [0.2, 0.25) is 0 Å². The third-order valence-corrected chi connectivity index (χ3v) is 6.13. The molecule has 160 valence electrons. The second-order valence-corrected chi connectivity index (χ2v) is 8.16. The molecule has 2 heterocycles. The van der Waals surface area contributed by atoms with Gasteiger partial charge in [-0.25, -0.2) is 17.8 Å². The highest BCUT2D eigenvalue weighted by atomic mass is 32.2. The van der Waals surface area contributed by atoms with E-state index < -0.39 is 52.0 Å². The van der Waals surface area contributed by atoms with Gasteiger partial charge >= 0.3 is 12.8 Å². The van der Waals surface area contributed by atoms with Gasteiger partial charge in [-0.1, -0.05) is 6.92 Å². The van der Waals surface area contributed by atoms with Crippen molar-refractivity contribution in [2.24, 2.45) is 5.92 Å². The molecule has 0 spiro atoms. The molecule has 0 radical (unpaired) electrons. The number of hydrogen-bond acceptors (Lipinski definition) is 4. The molecule has 0 saturated heterocycles. The highest BCUT2D eigenvalue weighted by molar-refractivity contribution is 7.92. The summed E-state index contributed by atoms with van der Waals surface area (Å²) in [5.74, 6) is -5.23. The molecule has 13 heteroatoms. The van der Waals surface area contributed by atoms with Crippen molar-refractivity contribution >= 4 is 15.8 Å². The smallest absolute Gasteiger partial charge is 0.392 e. The standard InChI is InChI=1S/C16H15F6N3O3S/c1-7-10(16(20,21)22)3-2-9-12(6-23-13(7)9)29(26,27)25-14-11(17)4-8(5-24-14)28-15(18)19/h4-7,10,15,23H,2-3H2,1H3,(H,24,25)/t7-,10?/m1/s1. The van der Waals surface area contributed by atoms with Gasteiger partial charge in [0.05, 0.1) is 12.1 Å². The van der Waals surface area contributed by atoms with Gasteiger partial charge in [-0.15, -0.1) is 0 Å². The molecule has 0 amide bonds. The summed E-state index contributed by atoms with van der Waals surface area (Å²) in [6.07, 6.45) is -3.11. The Morgan fingerprint density at radius 2 is 2.03 bits per heavy atom. The van der Waals surface area contributed by atoms with Crippen LogP contribution in [-0.4, -0.2) is 31.2 Å². The van der Waals surface area contributed by atoms with Crippen LogP contribution in [0.15, 0.2) is 23.4 Å². The van der Waals surface area contributed by atoms with Crippen LogP contribution < -0.4 is 9.46 Å². The molecule has 0 aromatic carbocycles. The molecular formula is C16H15F6N3O3S. The zero-order chi connectivity index (χ0) is 21.6. The van der Waals surface area contributed by atoms with Crippen LogP contribution in [0, 0.1) is 11.7 Å². The Morgan fingerprint density at radius 1 is 1.34 bits per heavy atom. The number of halogens is 6. The predicted molar refractivity (Wildman–Crippen MR) is 88.7 cm³/mol. The first-order valence-electron chi connectivity index (χ1n) is 8.30. The van der Waals surface area contributed by atoms with Crippen molar-refractivity contribution in [1.29, 1.82) is 0 Å². The number of hydrogen-bond donors (Lipinski definition) is 2. The maximum atomic E-state index is 14.0. The van der Waals surface area contributed by atoms with Crippen molar-refractivity contribution in [2.45, 2.75) is 43.4 Å². The van der Waals surface area contributed by atoms with Gasteiger partial charge in [0.1, 0.15) is 10.6 Å². The van der Waals surface area contributed by atoms with Gasteiger partial charge in [0.15, 0.2) is 11.6 Å². The van der Waals surface area contributed by atoms with Gasteiger partial charge in [0.2, 0.25) is 0 Å². The fourth-order valence-electron chi connectivity index (χ4n) is 3.40. The third kappa shape index (κ3) is 4.28. The molecule has 0 aliphatic heterocycles. The number of aromatic amines is 1. The number of H-pyrrole nitrogens is 1. The van der Waals surface area contributed by atoms with E-state index in [1.807, 2.05) is 4.72 Å². The molecule has 1 aliphatic rings. The molecule has 1 unspecified atom stereocenters. The molecule has 0 fully saturated rings. The number of ether oxygens (including phenoxy) is 1. The summed E-state index contributed by atoms with van der Waals surface area (Å²) in [7, 11) is -4.40. The lowest BCUT2D eigenvalue weighted by molar-refractivity contribution is -0.183. The van der Waals surface area contributed by atoms with Crippen molar-refractivity contribution in [1.82, 2.24) is 9.97 Å². The van der Waals surface area contributed by atoms with Gasteiger partial charge in [0, 0.05) is 23.9 Å². The van der Waals surface area contributed by atoms with E-state index in [-0.39, 0.29) is 29.0 Å². The van der Waals surface area contributed by atoms with Crippen LogP contribution in [0.3, 0.4) is 0 Å². The number of aromatic nitrogens is 2. The van der Waals surface area contributed by atoms with E-state index in [1.54, 1.807) is 0 Å². The summed E-state index contributed by atoms with van der Waals surface area (Å²) in [5.41, 5.74) is 0.330. The first-order valence-corrected chi connectivity index (χ1v) is 9.78. The molecule has 29 heavy (non-hydrogen) atoms. The van der Waals surface area contributed by atoms with Gasteiger partial charge in [0.25, 0.3) is 10.0 Å². The minimum Gasteiger partial charge on any atom is -0.433 e. The maximum absolute atomic E-state index is 14.0. The van der Waals surface area contributed by atoms with Crippen LogP contribution in [0.25, 0.3) is 0 Å². The van der Waals surface area contributed by atoms with Crippen molar-refractivity contribution in [2.75, 3.05) is 4.72 Å². The summed E-state index contributed by atoms with van der Waals surface area (Å²) >= 11 is 0.